The molecular formula is C13H29N. The van der Waals surface area contributed by atoms with E-state index in [0.29, 0.717) is 0 Å². The molecule has 0 aliphatic rings. The molecule has 0 amide bonds. The van der Waals surface area contributed by atoms with E-state index in [2.05, 4.69) is 33.0 Å². The third-order valence-electron chi connectivity index (χ3n) is 3.17. The molecule has 1 N–H and O–H groups in total. The highest BCUT2D eigenvalue weighted by molar-refractivity contribution is 4.62. The zero-order valence-corrected chi connectivity index (χ0v) is 10.6. The normalized spacial score (nSPS) is 15.4. The fourth-order valence-electron chi connectivity index (χ4n) is 1.62. The van der Waals surface area contributed by atoms with Crippen LogP contribution in [0.25, 0.3) is 0 Å². The van der Waals surface area contributed by atoms with E-state index in [-0.39, 0.29) is 0 Å². The van der Waals surface area contributed by atoms with Gasteiger partial charge in [-0.2, -0.15) is 0 Å². The van der Waals surface area contributed by atoms with Crippen molar-refractivity contribution in [1.82, 2.24) is 5.32 Å². The summed E-state index contributed by atoms with van der Waals surface area (Å²) in [6.07, 6.45) is 6.75. The SMILES string of the molecule is CCCCC(CC)CNCC(C)CC. The molecule has 1 heteroatoms. The molecule has 0 bridgehead atoms. The molecule has 2 atom stereocenters. The van der Waals surface area contributed by atoms with Crippen LogP contribution in [0, 0.1) is 11.8 Å². The predicted octanol–water partition coefficient (Wildman–Crippen LogP) is 3.84. The second-order valence-electron chi connectivity index (χ2n) is 4.59. The van der Waals surface area contributed by atoms with Crippen LogP contribution < -0.4 is 5.32 Å². The first kappa shape index (κ1) is 14.0. The quantitative estimate of drug-likeness (QED) is 0.595. The Hall–Kier alpha value is -0.0400. The van der Waals surface area contributed by atoms with Crippen molar-refractivity contribution in [3.63, 3.8) is 0 Å². The summed E-state index contributed by atoms with van der Waals surface area (Å²) in [6, 6.07) is 0. The van der Waals surface area contributed by atoms with Gasteiger partial charge in [-0.05, 0) is 31.3 Å². The Balaban J connectivity index is 3.42. The van der Waals surface area contributed by atoms with Crippen LogP contribution in [0.1, 0.15) is 59.8 Å². The van der Waals surface area contributed by atoms with Crippen LogP contribution in [0.15, 0.2) is 0 Å². The lowest BCUT2D eigenvalue weighted by atomic mass is 9.99. The average molecular weight is 199 g/mol. The lowest BCUT2D eigenvalue weighted by molar-refractivity contribution is 0.396. The number of nitrogens with one attached hydrogen (secondary N) is 1. The Morgan fingerprint density at radius 1 is 1.00 bits per heavy atom. The van der Waals surface area contributed by atoms with Gasteiger partial charge in [0.2, 0.25) is 0 Å². The first-order valence-electron chi connectivity index (χ1n) is 6.45. The van der Waals surface area contributed by atoms with Crippen molar-refractivity contribution in [1.29, 1.82) is 0 Å². The zero-order chi connectivity index (χ0) is 10.8. The second-order valence-corrected chi connectivity index (χ2v) is 4.59. The van der Waals surface area contributed by atoms with E-state index in [4.69, 9.17) is 0 Å². The summed E-state index contributed by atoms with van der Waals surface area (Å²) in [4.78, 5) is 0. The molecule has 0 aromatic heterocycles. The van der Waals surface area contributed by atoms with Crippen LogP contribution >= 0.6 is 0 Å². The molecule has 0 spiro atoms. The van der Waals surface area contributed by atoms with Crippen molar-refractivity contribution in [2.45, 2.75) is 59.8 Å². The van der Waals surface area contributed by atoms with Crippen molar-refractivity contribution in [2.24, 2.45) is 11.8 Å². The van der Waals surface area contributed by atoms with Crippen LogP contribution in [0.4, 0.5) is 0 Å². The van der Waals surface area contributed by atoms with Crippen molar-refractivity contribution in [2.75, 3.05) is 13.1 Å². The third-order valence-corrected chi connectivity index (χ3v) is 3.17. The molecule has 0 fully saturated rings. The van der Waals surface area contributed by atoms with Crippen molar-refractivity contribution in [3.8, 4) is 0 Å². The highest BCUT2D eigenvalue weighted by Crippen LogP contribution is 2.11. The van der Waals surface area contributed by atoms with Crippen LogP contribution in [0.2, 0.25) is 0 Å². The Labute approximate surface area is 90.7 Å². The molecule has 14 heavy (non-hydrogen) atoms. The van der Waals surface area contributed by atoms with Gasteiger partial charge in [-0.25, -0.2) is 0 Å². The van der Waals surface area contributed by atoms with E-state index in [9.17, 15) is 0 Å². The molecule has 0 heterocycles. The molecule has 0 aromatic rings. The summed E-state index contributed by atoms with van der Waals surface area (Å²) >= 11 is 0. The third kappa shape index (κ3) is 7.37. The van der Waals surface area contributed by atoms with Gasteiger partial charge in [-0.3, -0.25) is 0 Å². The summed E-state index contributed by atoms with van der Waals surface area (Å²) in [5.74, 6) is 1.73. The molecule has 0 saturated carbocycles. The molecule has 86 valence electrons. The zero-order valence-electron chi connectivity index (χ0n) is 10.6. The van der Waals surface area contributed by atoms with Crippen LogP contribution in [-0.2, 0) is 0 Å². The van der Waals surface area contributed by atoms with E-state index in [1.165, 1.54) is 45.2 Å². The topological polar surface area (TPSA) is 12.0 Å². The van der Waals surface area contributed by atoms with Crippen molar-refractivity contribution >= 4 is 0 Å². The highest BCUT2D eigenvalue weighted by Gasteiger charge is 2.05. The Kier molecular flexibility index (Phi) is 9.49. The molecular weight excluding hydrogens is 170 g/mol. The summed E-state index contributed by atoms with van der Waals surface area (Å²) in [5, 5.41) is 3.60. The summed E-state index contributed by atoms with van der Waals surface area (Å²) in [7, 11) is 0. The van der Waals surface area contributed by atoms with Gasteiger partial charge in [-0.1, -0.05) is 53.4 Å². The predicted molar refractivity (Wildman–Crippen MR) is 65.6 cm³/mol. The molecule has 2 unspecified atom stereocenters. The lowest BCUT2D eigenvalue weighted by Gasteiger charge is -2.17. The first-order valence-corrected chi connectivity index (χ1v) is 6.45. The van der Waals surface area contributed by atoms with Gasteiger partial charge < -0.3 is 5.32 Å². The Morgan fingerprint density at radius 2 is 1.71 bits per heavy atom. The van der Waals surface area contributed by atoms with Gasteiger partial charge in [0.1, 0.15) is 0 Å². The summed E-state index contributed by atoms with van der Waals surface area (Å²) < 4.78 is 0. The van der Waals surface area contributed by atoms with Gasteiger partial charge in [0.15, 0.2) is 0 Å². The average Bonchev–Trinajstić information content (AvgIpc) is 2.22. The first-order chi connectivity index (χ1) is 6.74. The molecule has 0 aliphatic carbocycles. The fraction of sp³-hybridized carbons (Fsp3) is 1.00. The number of hydrogen-bond donors (Lipinski definition) is 1. The van der Waals surface area contributed by atoms with Crippen molar-refractivity contribution < 1.29 is 0 Å². The van der Waals surface area contributed by atoms with Gasteiger partial charge >= 0.3 is 0 Å². The van der Waals surface area contributed by atoms with E-state index in [1.807, 2.05) is 0 Å². The van der Waals surface area contributed by atoms with Gasteiger partial charge in [0, 0.05) is 0 Å². The van der Waals surface area contributed by atoms with Crippen LogP contribution in [0.3, 0.4) is 0 Å². The molecule has 0 radical (unpaired) electrons. The highest BCUT2D eigenvalue weighted by atomic mass is 14.9. The minimum absolute atomic E-state index is 0.832. The Bertz CT molecular complexity index is 112. The van der Waals surface area contributed by atoms with E-state index < -0.39 is 0 Å². The number of unbranched alkanes of at least 4 members (excludes halogenated alkanes) is 1. The molecule has 0 aliphatic heterocycles. The Morgan fingerprint density at radius 3 is 2.21 bits per heavy atom. The lowest BCUT2D eigenvalue weighted by Crippen LogP contribution is -2.26. The molecule has 0 saturated heterocycles. The monoisotopic (exact) mass is 199 g/mol. The minimum atomic E-state index is 0.832. The fourth-order valence-corrected chi connectivity index (χ4v) is 1.62. The summed E-state index contributed by atoms with van der Waals surface area (Å²) in [6.45, 7) is 11.6. The molecule has 1 nitrogen and oxygen atoms in total. The summed E-state index contributed by atoms with van der Waals surface area (Å²) in [5.41, 5.74) is 0. The number of rotatable bonds is 9. The maximum atomic E-state index is 3.60. The van der Waals surface area contributed by atoms with Gasteiger partial charge in [-0.15, -0.1) is 0 Å². The maximum Gasteiger partial charge on any atom is -0.00205 e. The molecule has 0 rings (SSSR count). The van der Waals surface area contributed by atoms with E-state index in [0.717, 1.165) is 11.8 Å². The van der Waals surface area contributed by atoms with Crippen LogP contribution in [-0.4, -0.2) is 13.1 Å². The second kappa shape index (κ2) is 9.51. The molecule has 0 aromatic carbocycles. The van der Waals surface area contributed by atoms with E-state index in [1.54, 1.807) is 0 Å². The van der Waals surface area contributed by atoms with Gasteiger partial charge in [0.05, 0.1) is 0 Å². The van der Waals surface area contributed by atoms with Crippen LogP contribution in [0.5, 0.6) is 0 Å². The minimum Gasteiger partial charge on any atom is -0.316 e. The largest absolute Gasteiger partial charge is 0.316 e. The van der Waals surface area contributed by atoms with Crippen molar-refractivity contribution in [3.05, 3.63) is 0 Å². The number of hydrogen-bond acceptors (Lipinski definition) is 1. The smallest absolute Gasteiger partial charge is 0.00205 e. The maximum absolute atomic E-state index is 3.60. The van der Waals surface area contributed by atoms with E-state index >= 15 is 0 Å². The standard InChI is InChI=1S/C13H29N/c1-5-8-9-13(7-3)11-14-10-12(4)6-2/h12-14H,5-11H2,1-4H3. The van der Waals surface area contributed by atoms with Gasteiger partial charge in [0.25, 0.3) is 0 Å².